The Morgan fingerprint density at radius 2 is 1.73 bits per heavy atom. The van der Waals surface area contributed by atoms with E-state index in [1.165, 1.54) is 11.3 Å². The number of anilines is 1. The van der Waals surface area contributed by atoms with Gasteiger partial charge in [0.15, 0.2) is 11.5 Å². The number of para-hydroxylation sites is 3. The van der Waals surface area contributed by atoms with Crippen molar-refractivity contribution in [2.24, 2.45) is 0 Å². The molecule has 0 radical (unpaired) electrons. The molecule has 1 N–H and O–H groups in total. The van der Waals surface area contributed by atoms with Gasteiger partial charge in [-0.05, 0) is 48.6 Å². The molecule has 3 aromatic rings. The first kappa shape index (κ1) is 18.0. The van der Waals surface area contributed by atoms with Gasteiger partial charge in [-0.15, -0.1) is 11.3 Å². The summed E-state index contributed by atoms with van der Waals surface area (Å²) in [7, 11) is 1.61. The van der Waals surface area contributed by atoms with Crippen LogP contribution < -0.4 is 14.8 Å². The second-order valence-electron chi connectivity index (χ2n) is 5.98. The fraction of sp³-hybridized carbons (Fsp3) is 0.190. The topological polar surface area (TPSA) is 47.6 Å². The first-order valence-corrected chi connectivity index (χ1v) is 9.17. The third-order valence-corrected chi connectivity index (χ3v) is 5.04. The van der Waals surface area contributed by atoms with Crippen LogP contribution in [0.1, 0.15) is 26.4 Å². The van der Waals surface area contributed by atoms with Gasteiger partial charge in [-0.25, -0.2) is 0 Å². The summed E-state index contributed by atoms with van der Waals surface area (Å²) in [5, 5.41) is 4.95. The van der Waals surface area contributed by atoms with Crippen LogP contribution in [-0.4, -0.2) is 13.0 Å². The third kappa shape index (κ3) is 4.06. The number of hydrogen-bond acceptors (Lipinski definition) is 4. The van der Waals surface area contributed by atoms with Gasteiger partial charge in [-0.1, -0.05) is 30.3 Å². The minimum absolute atomic E-state index is 0.101. The predicted octanol–water partition coefficient (Wildman–Crippen LogP) is 5.20. The highest BCUT2D eigenvalue weighted by molar-refractivity contribution is 7.12. The van der Waals surface area contributed by atoms with Crippen molar-refractivity contribution in [1.29, 1.82) is 0 Å². The Morgan fingerprint density at radius 3 is 2.42 bits per heavy atom. The van der Waals surface area contributed by atoms with Crippen LogP contribution in [-0.2, 0) is 6.61 Å². The lowest BCUT2D eigenvalue weighted by molar-refractivity contribution is 0.103. The maximum atomic E-state index is 12.5. The number of carbonyl (C=O) groups is 1. The molecule has 4 nitrogen and oxygen atoms in total. The number of aryl methyl sites for hydroxylation is 2. The van der Waals surface area contributed by atoms with Crippen LogP contribution in [0.15, 0.2) is 53.9 Å². The molecule has 1 aromatic heterocycles. The van der Waals surface area contributed by atoms with Crippen LogP contribution >= 0.6 is 11.3 Å². The molecule has 0 atom stereocenters. The van der Waals surface area contributed by atoms with Gasteiger partial charge in [-0.3, -0.25) is 4.79 Å². The molecule has 0 fully saturated rings. The standard InChI is InChI=1S/C21H21NO3S/c1-14-7-6-8-15(2)20(14)22-21(23)19-11-16(13-26-19)12-25-18-10-5-4-9-17(18)24-3/h4-11,13H,12H2,1-3H3,(H,22,23). The lowest BCUT2D eigenvalue weighted by Gasteiger charge is -2.10. The van der Waals surface area contributed by atoms with E-state index in [9.17, 15) is 4.79 Å². The number of hydrogen-bond donors (Lipinski definition) is 1. The highest BCUT2D eigenvalue weighted by Gasteiger charge is 2.13. The average molecular weight is 367 g/mol. The SMILES string of the molecule is COc1ccccc1OCc1csc(C(=O)Nc2c(C)cccc2C)c1. The van der Waals surface area contributed by atoms with Gasteiger partial charge in [0, 0.05) is 11.3 Å². The number of carbonyl (C=O) groups excluding carboxylic acids is 1. The number of amides is 1. The van der Waals surface area contributed by atoms with Crippen molar-refractivity contribution in [1.82, 2.24) is 0 Å². The molecule has 0 aliphatic rings. The van der Waals surface area contributed by atoms with E-state index in [1.54, 1.807) is 7.11 Å². The summed E-state index contributed by atoms with van der Waals surface area (Å²) in [4.78, 5) is 13.2. The van der Waals surface area contributed by atoms with Gasteiger partial charge in [0.05, 0.1) is 12.0 Å². The van der Waals surface area contributed by atoms with E-state index in [-0.39, 0.29) is 5.91 Å². The minimum atomic E-state index is -0.101. The van der Waals surface area contributed by atoms with E-state index >= 15 is 0 Å². The van der Waals surface area contributed by atoms with Crippen molar-refractivity contribution in [3.63, 3.8) is 0 Å². The second kappa shape index (κ2) is 8.06. The molecule has 26 heavy (non-hydrogen) atoms. The summed E-state index contributed by atoms with van der Waals surface area (Å²) in [5.74, 6) is 1.27. The molecule has 5 heteroatoms. The zero-order valence-corrected chi connectivity index (χ0v) is 15.9. The number of rotatable bonds is 6. The Bertz CT molecular complexity index is 897. The van der Waals surface area contributed by atoms with Crippen LogP contribution in [0.5, 0.6) is 11.5 Å². The van der Waals surface area contributed by atoms with Crippen molar-refractivity contribution in [2.75, 3.05) is 12.4 Å². The van der Waals surface area contributed by atoms with E-state index < -0.39 is 0 Å². The number of thiophene rings is 1. The fourth-order valence-electron chi connectivity index (χ4n) is 2.66. The average Bonchev–Trinajstić information content (AvgIpc) is 3.12. The molecule has 0 spiro atoms. The Balaban J connectivity index is 1.67. The van der Waals surface area contributed by atoms with E-state index in [4.69, 9.17) is 9.47 Å². The van der Waals surface area contributed by atoms with Crippen molar-refractivity contribution >= 4 is 22.9 Å². The zero-order chi connectivity index (χ0) is 18.5. The van der Waals surface area contributed by atoms with Crippen LogP contribution in [0.3, 0.4) is 0 Å². The Kier molecular flexibility index (Phi) is 5.58. The predicted molar refractivity (Wildman–Crippen MR) is 106 cm³/mol. The molecular formula is C21H21NO3S. The van der Waals surface area contributed by atoms with Crippen LogP contribution in [0, 0.1) is 13.8 Å². The smallest absolute Gasteiger partial charge is 0.265 e. The molecular weight excluding hydrogens is 346 g/mol. The molecule has 0 aliphatic heterocycles. The molecule has 0 aliphatic carbocycles. The van der Waals surface area contributed by atoms with Crippen LogP contribution in [0.2, 0.25) is 0 Å². The lowest BCUT2D eigenvalue weighted by Crippen LogP contribution is -2.12. The number of nitrogens with one attached hydrogen (secondary N) is 1. The summed E-state index contributed by atoms with van der Waals surface area (Å²) in [6, 6.07) is 15.3. The van der Waals surface area contributed by atoms with E-state index in [2.05, 4.69) is 5.32 Å². The number of ether oxygens (including phenoxy) is 2. The summed E-state index contributed by atoms with van der Waals surface area (Å²) in [5.41, 5.74) is 3.93. The largest absolute Gasteiger partial charge is 0.493 e. The first-order chi connectivity index (χ1) is 12.6. The summed E-state index contributed by atoms with van der Waals surface area (Å²) < 4.78 is 11.1. The van der Waals surface area contributed by atoms with Crippen molar-refractivity contribution < 1.29 is 14.3 Å². The van der Waals surface area contributed by atoms with Gasteiger partial charge >= 0.3 is 0 Å². The normalized spacial score (nSPS) is 10.4. The van der Waals surface area contributed by atoms with E-state index in [1.807, 2.05) is 67.8 Å². The third-order valence-electron chi connectivity index (χ3n) is 4.06. The highest BCUT2D eigenvalue weighted by atomic mass is 32.1. The summed E-state index contributed by atoms with van der Waals surface area (Å²) in [6.07, 6.45) is 0. The monoisotopic (exact) mass is 367 g/mol. The Labute approximate surface area is 157 Å². The van der Waals surface area contributed by atoms with Gasteiger partial charge in [-0.2, -0.15) is 0 Å². The molecule has 1 amide bonds. The first-order valence-electron chi connectivity index (χ1n) is 8.29. The molecule has 0 unspecified atom stereocenters. The molecule has 0 saturated carbocycles. The number of benzene rings is 2. The van der Waals surface area contributed by atoms with Crippen LogP contribution in [0.25, 0.3) is 0 Å². The van der Waals surface area contributed by atoms with E-state index in [0.717, 1.165) is 22.4 Å². The van der Waals surface area contributed by atoms with Crippen LogP contribution in [0.4, 0.5) is 5.69 Å². The molecule has 0 saturated heterocycles. The highest BCUT2D eigenvalue weighted by Crippen LogP contribution is 2.27. The molecule has 3 rings (SSSR count). The Hall–Kier alpha value is -2.79. The number of methoxy groups -OCH3 is 1. The van der Waals surface area contributed by atoms with Crippen molar-refractivity contribution in [2.45, 2.75) is 20.5 Å². The van der Waals surface area contributed by atoms with Gasteiger partial charge in [0.2, 0.25) is 0 Å². The lowest BCUT2D eigenvalue weighted by atomic mass is 10.1. The maximum absolute atomic E-state index is 12.5. The van der Waals surface area contributed by atoms with Crippen molar-refractivity contribution in [3.8, 4) is 11.5 Å². The molecule has 0 bridgehead atoms. The molecule has 2 aromatic carbocycles. The van der Waals surface area contributed by atoms with Gasteiger partial charge in [0.1, 0.15) is 6.61 Å². The quantitative estimate of drug-likeness (QED) is 0.651. The van der Waals surface area contributed by atoms with Crippen molar-refractivity contribution in [3.05, 3.63) is 75.5 Å². The Morgan fingerprint density at radius 1 is 1.04 bits per heavy atom. The van der Waals surface area contributed by atoms with E-state index in [0.29, 0.717) is 23.0 Å². The maximum Gasteiger partial charge on any atom is 0.265 e. The van der Waals surface area contributed by atoms with Gasteiger partial charge in [0.25, 0.3) is 5.91 Å². The summed E-state index contributed by atoms with van der Waals surface area (Å²) >= 11 is 1.41. The van der Waals surface area contributed by atoms with Gasteiger partial charge < -0.3 is 14.8 Å². The fourth-order valence-corrected chi connectivity index (χ4v) is 3.45. The summed E-state index contributed by atoms with van der Waals surface area (Å²) in [6.45, 7) is 4.36. The molecule has 1 heterocycles. The zero-order valence-electron chi connectivity index (χ0n) is 15.0. The minimum Gasteiger partial charge on any atom is -0.493 e. The second-order valence-corrected chi connectivity index (χ2v) is 6.89. The molecule has 134 valence electrons.